The second-order valence-electron chi connectivity index (χ2n) is 7.12. The lowest BCUT2D eigenvalue weighted by Gasteiger charge is -2.33. The molecule has 0 aromatic carbocycles. The summed E-state index contributed by atoms with van der Waals surface area (Å²) in [6.45, 7) is 9.77. The number of fused-ring (bicyclic) bond motifs is 1. The molecular weight excluding hydrogens is 304 g/mol. The van der Waals surface area contributed by atoms with Gasteiger partial charge in [-0.05, 0) is 38.8 Å². The number of nitrogens with one attached hydrogen (secondary N) is 1. The van der Waals surface area contributed by atoms with Crippen molar-refractivity contribution in [3.05, 3.63) is 18.0 Å². The molecule has 1 atom stereocenters. The van der Waals surface area contributed by atoms with Gasteiger partial charge in [0.15, 0.2) is 11.5 Å². The summed E-state index contributed by atoms with van der Waals surface area (Å²) in [5.74, 6) is 2.16. The van der Waals surface area contributed by atoms with Gasteiger partial charge >= 0.3 is 0 Å². The van der Waals surface area contributed by atoms with Crippen LogP contribution in [0.1, 0.15) is 52.3 Å². The lowest BCUT2D eigenvalue weighted by atomic mass is 9.97. The molecule has 1 saturated heterocycles. The van der Waals surface area contributed by atoms with Crippen LogP contribution in [0.15, 0.2) is 12.1 Å². The van der Waals surface area contributed by atoms with Crippen LogP contribution in [-0.4, -0.2) is 44.8 Å². The van der Waals surface area contributed by atoms with Crippen molar-refractivity contribution in [1.82, 2.24) is 25.1 Å². The molecule has 24 heavy (non-hydrogen) atoms. The van der Waals surface area contributed by atoms with Crippen molar-refractivity contribution < 1.29 is 4.79 Å². The van der Waals surface area contributed by atoms with Gasteiger partial charge in [0.25, 0.3) is 0 Å². The Morgan fingerprint density at radius 3 is 2.75 bits per heavy atom. The summed E-state index contributed by atoms with van der Waals surface area (Å²) in [5.41, 5.74) is 0.758. The fraction of sp³-hybridized carbons (Fsp3) is 0.647. The number of carbonyl (C=O) groups excluding carboxylic acids is 1. The lowest BCUT2D eigenvalue weighted by molar-refractivity contribution is -0.125. The standard InChI is InChI=1S/C17H26N6O/c1-11(2)16-20-19-14-7-8-15(21-23(14)16)22-9-5-6-13(10-22)17(24)18-12(3)4/h7-8,11-13H,5-6,9-10H2,1-4H3,(H,18,24)/t13-/m0/s1. The topological polar surface area (TPSA) is 75.4 Å². The lowest BCUT2D eigenvalue weighted by Crippen LogP contribution is -2.45. The number of hydrogen-bond donors (Lipinski definition) is 1. The summed E-state index contributed by atoms with van der Waals surface area (Å²) in [6.07, 6.45) is 1.93. The zero-order chi connectivity index (χ0) is 17.3. The molecule has 0 spiro atoms. The second kappa shape index (κ2) is 6.75. The van der Waals surface area contributed by atoms with E-state index in [2.05, 4.69) is 34.3 Å². The number of piperidine rings is 1. The van der Waals surface area contributed by atoms with E-state index >= 15 is 0 Å². The summed E-state index contributed by atoms with van der Waals surface area (Å²) in [5, 5.41) is 16.1. The van der Waals surface area contributed by atoms with Crippen molar-refractivity contribution in [3.63, 3.8) is 0 Å². The van der Waals surface area contributed by atoms with E-state index in [0.29, 0.717) is 6.54 Å². The highest BCUT2D eigenvalue weighted by atomic mass is 16.2. The molecule has 1 N–H and O–H groups in total. The number of aromatic nitrogens is 4. The summed E-state index contributed by atoms with van der Waals surface area (Å²) < 4.78 is 1.82. The van der Waals surface area contributed by atoms with E-state index in [4.69, 9.17) is 5.10 Å². The van der Waals surface area contributed by atoms with E-state index in [1.165, 1.54) is 0 Å². The Morgan fingerprint density at radius 1 is 1.25 bits per heavy atom. The molecule has 0 unspecified atom stereocenters. The first-order valence-corrected chi connectivity index (χ1v) is 8.73. The first kappa shape index (κ1) is 16.7. The summed E-state index contributed by atoms with van der Waals surface area (Å²) in [7, 11) is 0. The van der Waals surface area contributed by atoms with Crippen LogP contribution in [0, 0.1) is 5.92 Å². The van der Waals surface area contributed by atoms with E-state index in [-0.39, 0.29) is 23.8 Å². The van der Waals surface area contributed by atoms with Crippen LogP contribution < -0.4 is 10.2 Å². The van der Waals surface area contributed by atoms with Gasteiger partial charge in [0, 0.05) is 25.0 Å². The number of anilines is 1. The maximum Gasteiger partial charge on any atom is 0.225 e. The van der Waals surface area contributed by atoms with Gasteiger partial charge in [0.2, 0.25) is 5.91 Å². The average molecular weight is 330 g/mol. The van der Waals surface area contributed by atoms with Gasteiger partial charge in [-0.1, -0.05) is 13.8 Å². The minimum atomic E-state index is 0.0177. The van der Waals surface area contributed by atoms with Crippen LogP contribution in [0.25, 0.3) is 5.65 Å². The second-order valence-corrected chi connectivity index (χ2v) is 7.12. The smallest absolute Gasteiger partial charge is 0.225 e. The molecule has 2 aromatic heterocycles. The van der Waals surface area contributed by atoms with Gasteiger partial charge in [0.1, 0.15) is 5.82 Å². The van der Waals surface area contributed by atoms with Crippen LogP contribution >= 0.6 is 0 Å². The molecule has 1 fully saturated rings. The quantitative estimate of drug-likeness (QED) is 0.928. The number of rotatable bonds is 4. The Labute approximate surface area is 142 Å². The van der Waals surface area contributed by atoms with Crippen LogP contribution in [0.2, 0.25) is 0 Å². The molecule has 3 rings (SSSR count). The summed E-state index contributed by atoms with van der Waals surface area (Å²) in [6, 6.07) is 4.09. The molecule has 0 saturated carbocycles. The Kier molecular flexibility index (Phi) is 4.69. The van der Waals surface area contributed by atoms with Crippen molar-refractivity contribution >= 4 is 17.4 Å². The maximum atomic E-state index is 12.3. The number of carbonyl (C=O) groups is 1. The first-order valence-electron chi connectivity index (χ1n) is 8.73. The SMILES string of the molecule is CC(C)NC(=O)[C@H]1CCCN(c2ccc3nnc(C(C)C)n3n2)C1. The van der Waals surface area contributed by atoms with E-state index in [0.717, 1.165) is 36.7 Å². The van der Waals surface area contributed by atoms with Gasteiger partial charge in [-0.2, -0.15) is 4.52 Å². The molecule has 3 heterocycles. The molecule has 7 heteroatoms. The molecule has 2 aromatic rings. The molecule has 0 aliphatic carbocycles. The van der Waals surface area contributed by atoms with Gasteiger partial charge in [-0.15, -0.1) is 15.3 Å². The predicted molar refractivity (Wildman–Crippen MR) is 93.1 cm³/mol. The van der Waals surface area contributed by atoms with Crippen LogP contribution in [0.3, 0.4) is 0 Å². The summed E-state index contributed by atoms with van der Waals surface area (Å²) >= 11 is 0. The largest absolute Gasteiger partial charge is 0.354 e. The van der Waals surface area contributed by atoms with E-state index in [1.54, 1.807) is 0 Å². The third-order valence-corrected chi connectivity index (χ3v) is 4.34. The third kappa shape index (κ3) is 3.34. The molecular formula is C17H26N6O. The maximum absolute atomic E-state index is 12.3. The molecule has 1 aliphatic heterocycles. The molecule has 1 amide bonds. The Morgan fingerprint density at radius 2 is 2.04 bits per heavy atom. The van der Waals surface area contributed by atoms with E-state index in [1.807, 2.05) is 30.5 Å². The van der Waals surface area contributed by atoms with Gasteiger partial charge in [-0.3, -0.25) is 4.79 Å². The van der Waals surface area contributed by atoms with Crippen LogP contribution in [0.4, 0.5) is 5.82 Å². The van der Waals surface area contributed by atoms with Gasteiger partial charge in [0.05, 0.1) is 5.92 Å². The average Bonchev–Trinajstić information content (AvgIpc) is 2.97. The van der Waals surface area contributed by atoms with Gasteiger partial charge in [-0.25, -0.2) is 0 Å². The zero-order valence-corrected chi connectivity index (χ0v) is 14.9. The molecule has 0 bridgehead atoms. The molecule has 130 valence electrons. The number of hydrogen-bond acceptors (Lipinski definition) is 5. The minimum absolute atomic E-state index is 0.0177. The van der Waals surface area contributed by atoms with Crippen molar-refractivity contribution in [2.45, 2.75) is 52.5 Å². The Balaban J connectivity index is 1.81. The van der Waals surface area contributed by atoms with Gasteiger partial charge < -0.3 is 10.2 Å². The van der Waals surface area contributed by atoms with Crippen molar-refractivity contribution in [2.24, 2.45) is 5.92 Å². The highest BCUT2D eigenvalue weighted by molar-refractivity contribution is 5.79. The zero-order valence-electron chi connectivity index (χ0n) is 14.9. The van der Waals surface area contributed by atoms with Crippen molar-refractivity contribution in [3.8, 4) is 0 Å². The van der Waals surface area contributed by atoms with Crippen LogP contribution in [0.5, 0.6) is 0 Å². The normalized spacial score (nSPS) is 18.6. The Hall–Kier alpha value is -2.18. The van der Waals surface area contributed by atoms with Crippen molar-refractivity contribution in [2.75, 3.05) is 18.0 Å². The fourth-order valence-corrected chi connectivity index (χ4v) is 3.13. The molecule has 7 nitrogen and oxygen atoms in total. The highest BCUT2D eigenvalue weighted by Gasteiger charge is 2.27. The number of nitrogens with zero attached hydrogens (tertiary/aromatic N) is 5. The van der Waals surface area contributed by atoms with Crippen LogP contribution in [-0.2, 0) is 4.79 Å². The number of amides is 1. The summed E-state index contributed by atoms with van der Waals surface area (Å²) in [4.78, 5) is 14.5. The fourth-order valence-electron chi connectivity index (χ4n) is 3.13. The third-order valence-electron chi connectivity index (χ3n) is 4.34. The van der Waals surface area contributed by atoms with E-state index in [9.17, 15) is 4.79 Å². The first-order chi connectivity index (χ1) is 11.5. The van der Waals surface area contributed by atoms with E-state index < -0.39 is 0 Å². The monoisotopic (exact) mass is 330 g/mol. The molecule has 1 aliphatic rings. The predicted octanol–water partition coefficient (Wildman–Crippen LogP) is 1.99. The Bertz CT molecular complexity index is 723. The highest BCUT2D eigenvalue weighted by Crippen LogP contribution is 2.23. The molecule has 0 radical (unpaired) electrons. The minimum Gasteiger partial charge on any atom is -0.354 e. The van der Waals surface area contributed by atoms with Crippen molar-refractivity contribution in [1.29, 1.82) is 0 Å².